The fourth-order valence-corrected chi connectivity index (χ4v) is 4.28. The molecule has 0 atom stereocenters. The monoisotopic (exact) mass is 477 g/mol. The minimum atomic E-state index is -4.06. The second-order valence-electron chi connectivity index (χ2n) is 6.21. The van der Waals surface area contributed by atoms with Gasteiger partial charge >= 0.3 is 0 Å². The van der Waals surface area contributed by atoms with E-state index in [1.807, 2.05) is 6.92 Å². The Morgan fingerprint density at radius 3 is 2.52 bits per heavy atom. The topological polar surface area (TPSA) is 79.4 Å². The molecule has 9 heteroatoms. The molecular weight excluding hydrogens is 461 g/mol. The number of carbonyl (C=O) groups excluding carboxylic acids is 1. The molecule has 150 valence electrons. The SMILES string of the molecule is Cc1ccc(N(CC(=O)Nc2ccc(Br)cc2F)S(=O)(=O)c2cccnc2)cc1. The van der Waals surface area contributed by atoms with Crippen LogP contribution < -0.4 is 9.62 Å². The highest BCUT2D eigenvalue weighted by molar-refractivity contribution is 9.10. The molecule has 3 rings (SSSR count). The normalized spacial score (nSPS) is 11.1. The molecule has 0 saturated carbocycles. The van der Waals surface area contributed by atoms with Gasteiger partial charge in [-0.25, -0.2) is 12.8 Å². The van der Waals surface area contributed by atoms with Crippen LogP contribution in [-0.2, 0) is 14.8 Å². The summed E-state index contributed by atoms with van der Waals surface area (Å²) in [6.45, 7) is 1.34. The first-order valence-corrected chi connectivity index (χ1v) is 10.7. The number of nitrogens with zero attached hydrogens (tertiary/aromatic N) is 2. The lowest BCUT2D eigenvalue weighted by Crippen LogP contribution is -2.38. The van der Waals surface area contributed by atoms with E-state index in [0.717, 1.165) is 9.87 Å². The predicted octanol–water partition coefficient (Wildman–Crippen LogP) is 4.13. The molecule has 0 radical (unpaired) electrons. The average molecular weight is 478 g/mol. The standard InChI is InChI=1S/C20H17BrFN3O3S/c1-14-4-7-16(8-5-14)25(29(27,28)17-3-2-10-23-12-17)13-20(26)24-19-9-6-15(21)11-18(19)22/h2-12H,13H2,1H3,(H,24,26). The Morgan fingerprint density at radius 1 is 1.17 bits per heavy atom. The maximum absolute atomic E-state index is 14.0. The van der Waals surface area contributed by atoms with Gasteiger partial charge in [0.25, 0.3) is 10.0 Å². The second kappa shape index (κ2) is 8.71. The van der Waals surface area contributed by atoms with Crippen LogP contribution in [0.2, 0.25) is 0 Å². The summed E-state index contributed by atoms with van der Waals surface area (Å²) in [6, 6.07) is 13.8. The van der Waals surface area contributed by atoms with Gasteiger partial charge in [-0.1, -0.05) is 33.6 Å². The molecule has 1 heterocycles. The number of aryl methyl sites for hydroxylation is 1. The molecule has 2 aromatic carbocycles. The first-order valence-electron chi connectivity index (χ1n) is 8.52. The van der Waals surface area contributed by atoms with Crippen LogP contribution >= 0.6 is 15.9 Å². The van der Waals surface area contributed by atoms with Crippen molar-refractivity contribution in [2.75, 3.05) is 16.2 Å². The number of sulfonamides is 1. The van der Waals surface area contributed by atoms with Crippen molar-refractivity contribution in [3.05, 3.63) is 82.8 Å². The Labute approximate surface area is 176 Å². The van der Waals surface area contributed by atoms with Gasteiger partial charge in [0, 0.05) is 16.9 Å². The van der Waals surface area contributed by atoms with E-state index in [1.54, 1.807) is 30.3 Å². The molecule has 29 heavy (non-hydrogen) atoms. The molecular formula is C20H17BrFN3O3S. The van der Waals surface area contributed by atoms with Gasteiger partial charge < -0.3 is 5.32 Å². The van der Waals surface area contributed by atoms with Crippen LogP contribution in [0, 0.1) is 12.7 Å². The van der Waals surface area contributed by atoms with E-state index < -0.39 is 28.3 Å². The molecule has 0 unspecified atom stereocenters. The largest absolute Gasteiger partial charge is 0.322 e. The van der Waals surface area contributed by atoms with Gasteiger partial charge in [0.1, 0.15) is 17.3 Å². The van der Waals surface area contributed by atoms with E-state index in [0.29, 0.717) is 10.2 Å². The van der Waals surface area contributed by atoms with E-state index in [1.165, 1.54) is 36.7 Å². The number of halogens is 2. The van der Waals surface area contributed by atoms with Crippen molar-refractivity contribution in [2.45, 2.75) is 11.8 Å². The maximum Gasteiger partial charge on any atom is 0.266 e. The third-order valence-corrected chi connectivity index (χ3v) is 6.29. The number of pyridine rings is 1. The number of hydrogen-bond acceptors (Lipinski definition) is 4. The second-order valence-corrected chi connectivity index (χ2v) is 8.99. The minimum Gasteiger partial charge on any atom is -0.322 e. The molecule has 0 aliphatic heterocycles. The molecule has 0 aliphatic rings. The number of benzene rings is 2. The van der Waals surface area contributed by atoms with E-state index in [2.05, 4.69) is 26.2 Å². The first kappa shape index (κ1) is 20.9. The molecule has 0 aliphatic carbocycles. The molecule has 3 aromatic rings. The lowest BCUT2D eigenvalue weighted by molar-refractivity contribution is -0.114. The summed E-state index contributed by atoms with van der Waals surface area (Å²) in [5.41, 5.74) is 1.21. The summed E-state index contributed by atoms with van der Waals surface area (Å²) in [6.07, 6.45) is 2.67. The number of anilines is 2. The van der Waals surface area contributed by atoms with Gasteiger partial charge in [0.05, 0.1) is 11.4 Å². The summed E-state index contributed by atoms with van der Waals surface area (Å²) in [4.78, 5) is 16.4. The average Bonchev–Trinajstić information content (AvgIpc) is 2.70. The number of hydrogen-bond donors (Lipinski definition) is 1. The van der Waals surface area contributed by atoms with Crippen LogP contribution in [0.3, 0.4) is 0 Å². The zero-order chi connectivity index (χ0) is 21.0. The smallest absolute Gasteiger partial charge is 0.266 e. The predicted molar refractivity (Wildman–Crippen MR) is 113 cm³/mol. The number of nitrogens with one attached hydrogen (secondary N) is 1. The Balaban J connectivity index is 1.93. The lowest BCUT2D eigenvalue weighted by Gasteiger charge is -2.24. The highest BCUT2D eigenvalue weighted by atomic mass is 79.9. The summed E-state index contributed by atoms with van der Waals surface area (Å²) in [7, 11) is -4.06. The highest BCUT2D eigenvalue weighted by Gasteiger charge is 2.27. The van der Waals surface area contributed by atoms with Crippen LogP contribution in [0.4, 0.5) is 15.8 Å². The van der Waals surface area contributed by atoms with E-state index in [4.69, 9.17) is 0 Å². The van der Waals surface area contributed by atoms with Gasteiger partial charge in [0.15, 0.2) is 0 Å². The summed E-state index contributed by atoms with van der Waals surface area (Å²) >= 11 is 3.14. The molecule has 1 amide bonds. The molecule has 0 fully saturated rings. The quantitative estimate of drug-likeness (QED) is 0.578. The van der Waals surface area contributed by atoms with Crippen molar-refractivity contribution >= 4 is 43.2 Å². The van der Waals surface area contributed by atoms with Crippen molar-refractivity contribution in [2.24, 2.45) is 0 Å². The van der Waals surface area contributed by atoms with Crippen molar-refractivity contribution in [1.82, 2.24) is 4.98 Å². The Morgan fingerprint density at radius 2 is 1.90 bits per heavy atom. The van der Waals surface area contributed by atoms with Gasteiger partial charge in [-0.05, 0) is 49.4 Å². The third kappa shape index (κ3) is 4.99. The Kier molecular flexibility index (Phi) is 6.29. The fourth-order valence-electron chi connectivity index (χ4n) is 2.56. The van der Waals surface area contributed by atoms with Crippen LogP contribution in [0.1, 0.15) is 5.56 Å². The Hall–Kier alpha value is -2.78. The van der Waals surface area contributed by atoms with Gasteiger partial charge in [-0.3, -0.25) is 14.1 Å². The molecule has 1 N–H and O–H groups in total. The Bertz CT molecular complexity index is 1120. The summed E-state index contributed by atoms with van der Waals surface area (Å²) < 4.78 is 41.8. The van der Waals surface area contributed by atoms with Crippen molar-refractivity contribution in [3.63, 3.8) is 0 Å². The molecule has 0 saturated heterocycles. The van der Waals surface area contributed by atoms with Crippen LogP contribution in [0.15, 0.2) is 76.4 Å². The van der Waals surface area contributed by atoms with Crippen molar-refractivity contribution in [3.8, 4) is 0 Å². The van der Waals surface area contributed by atoms with Gasteiger partial charge in [-0.15, -0.1) is 0 Å². The van der Waals surface area contributed by atoms with E-state index in [-0.39, 0.29) is 10.6 Å². The highest BCUT2D eigenvalue weighted by Crippen LogP contribution is 2.24. The number of amides is 1. The van der Waals surface area contributed by atoms with Crippen LogP contribution in [-0.4, -0.2) is 25.9 Å². The third-order valence-electron chi connectivity index (χ3n) is 4.04. The van der Waals surface area contributed by atoms with Crippen molar-refractivity contribution in [1.29, 1.82) is 0 Å². The lowest BCUT2D eigenvalue weighted by atomic mass is 10.2. The summed E-state index contributed by atoms with van der Waals surface area (Å²) in [5.74, 6) is -1.32. The number of carbonyl (C=O) groups is 1. The van der Waals surface area contributed by atoms with Gasteiger partial charge in [0.2, 0.25) is 5.91 Å². The molecule has 1 aromatic heterocycles. The zero-order valence-electron chi connectivity index (χ0n) is 15.3. The summed E-state index contributed by atoms with van der Waals surface area (Å²) in [5, 5.41) is 2.42. The van der Waals surface area contributed by atoms with Gasteiger partial charge in [-0.2, -0.15) is 0 Å². The number of rotatable bonds is 6. The molecule has 6 nitrogen and oxygen atoms in total. The molecule has 0 spiro atoms. The molecule has 0 bridgehead atoms. The number of aromatic nitrogens is 1. The zero-order valence-corrected chi connectivity index (χ0v) is 17.7. The van der Waals surface area contributed by atoms with Crippen LogP contribution in [0.25, 0.3) is 0 Å². The fraction of sp³-hybridized carbons (Fsp3) is 0.100. The minimum absolute atomic E-state index is 0.0409. The van der Waals surface area contributed by atoms with E-state index >= 15 is 0 Å². The van der Waals surface area contributed by atoms with Crippen molar-refractivity contribution < 1.29 is 17.6 Å². The first-order chi connectivity index (χ1) is 13.8. The maximum atomic E-state index is 14.0. The van der Waals surface area contributed by atoms with Crippen LogP contribution in [0.5, 0.6) is 0 Å². The van der Waals surface area contributed by atoms with E-state index in [9.17, 15) is 17.6 Å².